The summed E-state index contributed by atoms with van der Waals surface area (Å²) in [5.41, 5.74) is 1.54. The molecule has 4 aromatic rings. The number of rotatable bonds is 8. The molecule has 0 saturated heterocycles. The topological polar surface area (TPSA) is 116 Å². The molecule has 9 nitrogen and oxygen atoms in total. The van der Waals surface area contributed by atoms with Gasteiger partial charge in [-0.3, -0.25) is 4.79 Å². The minimum Gasteiger partial charge on any atom is -0.475 e. The largest absolute Gasteiger partial charge is 0.475 e. The van der Waals surface area contributed by atoms with Crippen LogP contribution in [0.1, 0.15) is 17.3 Å². The standard InChI is InChI=1S/C21H18FN5O4S/c1-14(28)15-4-8-18(9-5-15)32(29,30)23-12-13-31-20-11-10-19-24-25-21(27(19)26-20)16-2-6-17(22)7-3-16/h2-11,23H,12-13H2,1H3. The number of hydrogen-bond donors (Lipinski definition) is 1. The predicted octanol–water partition coefficient (Wildman–Crippen LogP) is 2.49. The van der Waals surface area contributed by atoms with E-state index in [1.807, 2.05) is 0 Å². The number of nitrogens with one attached hydrogen (secondary N) is 1. The van der Waals surface area contributed by atoms with Crippen LogP contribution in [0.2, 0.25) is 0 Å². The van der Waals surface area contributed by atoms with E-state index in [9.17, 15) is 17.6 Å². The summed E-state index contributed by atoms with van der Waals surface area (Å²) in [6.07, 6.45) is 0. The lowest BCUT2D eigenvalue weighted by atomic mass is 10.2. The number of fused-ring (bicyclic) bond motifs is 1. The van der Waals surface area contributed by atoms with E-state index >= 15 is 0 Å². The molecule has 164 valence electrons. The number of aromatic nitrogens is 4. The number of hydrogen-bond acceptors (Lipinski definition) is 7. The van der Waals surface area contributed by atoms with E-state index in [0.29, 0.717) is 22.6 Å². The summed E-state index contributed by atoms with van der Waals surface area (Å²) in [5.74, 6) is 0.151. The monoisotopic (exact) mass is 455 g/mol. The number of Topliss-reactive ketones (excluding diaryl/α,β-unsaturated/α-hetero) is 1. The Morgan fingerprint density at radius 2 is 1.75 bits per heavy atom. The van der Waals surface area contributed by atoms with Crippen LogP contribution in [-0.4, -0.2) is 47.2 Å². The van der Waals surface area contributed by atoms with Crippen molar-refractivity contribution >= 4 is 21.5 Å². The van der Waals surface area contributed by atoms with Gasteiger partial charge in [-0.25, -0.2) is 17.5 Å². The zero-order valence-corrected chi connectivity index (χ0v) is 17.7. The van der Waals surface area contributed by atoms with Crippen LogP contribution in [0.3, 0.4) is 0 Å². The molecular weight excluding hydrogens is 437 g/mol. The summed E-state index contributed by atoms with van der Waals surface area (Å²) in [6.45, 7) is 1.44. The number of ether oxygens (including phenoxy) is 1. The van der Waals surface area contributed by atoms with Gasteiger partial charge in [0, 0.05) is 23.7 Å². The number of ketones is 1. The van der Waals surface area contributed by atoms with Crippen LogP contribution >= 0.6 is 0 Å². The van der Waals surface area contributed by atoms with Gasteiger partial charge in [0.25, 0.3) is 0 Å². The van der Waals surface area contributed by atoms with Crippen LogP contribution in [-0.2, 0) is 10.0 Å². The van der Waals surface area contributed by atoms with Crippen molar-refractivity contribution in [3.63, 3.8) is 0 Å². The fourth-order valence-corrected chi connectivity index (χ4v) is 3.92. The van der Waals surface area contributed by atoms with Gasteiger partial charge < -0.3 is 4.74 Å². The number of carbonyl (C=O) groups excluding carboxylic acids is 1. The van der Waals surface area contributed by atoms with Crippen LogP contribution in [0.15, 0.2) is 65.6 Å². The molecule has 1 N–H and O–H groups in total. The summed E-state index contributed by atoms with van der Waals surface area (Å²) in [7, 11) is -3.75. The molecule has 0 radical (unpaired) electrons. The lowest BCUT2D eigenvalue weighted by Crippen LogP contribution is -2.28. The van der Waals surface area contributed by atoms with E-state index in [2.05, 4.69) is 20.0 Å². The molecule has 0 aliphatic carbocycles. The molecule has 32 heavy (non-hydrogen) atoms. The van der Waals surface area contributed by atoms with E-state index in [0.717, 1.165) is 0 Å². The van der Waals surface area contributed by atoms with Gasteiger partial charge in [0.1, 0.15) is 12.4 Å². The van der Waals surface area contributed by atoms with Crippen molar-refractivity contribution in [2.45, 2.75) is 11.8 Å². The fourth-order valence-electron chi connectivity index (χ4n) is 2.91. The first-order chi connectivity index (χ1) is 15.3. The maximum absolute atomic E-state index is 13.2. The molecule has 11 heteroatoms. The molecule has 0 unspecified atom stereocenters. The molecule has 0 atom stereocenters. The minimum absolute atomic E-state index is 0.00348. The van der Waals surface area contributed by atoms with Gasteiger partial charge in [-0.1, -0.05) is 12.1 Å². The number of carbonyl (C=O) groups is 1. The van der Waals surface area contributed by atoms with Crippen molar-refractivity contribution in [3.8, 4) is 17.3 Å². The summed E-state index contributed by atoms with van der Waals surface area (Å²) in [6, 6.07) is 14.7. The highest BCUT2D eigenvalue weighted by molar-refractivity contribution is 7.89. The second-order valence-electron chi connectivity index (χ2n) is 6.80. The number of sulfonamides is 1. The van der Waals surface area contributed by atoms with Crippen LogP contribution in [0.25, 0.3) is 17.0 Å². The SMILES string of the molecule is CC(=O)c1ccc(S(=O)(=O)NCCOc2ccc3nnc(-c4ccc(F)cc4)n3n2)cc1. The average molecular weight is 455 g/mol. The van der Waals surface area contributed by atoms with Crippen molar-refractivity contribution in [1.82, 2.24) is 24.5 Å². The smallest absolute Gasteiger partial charge is 0.240 e. The Kier molecular flexibility index (Phi) is 5.93. The molecule has 2 heterocycles. The first kappa shape index (κ1) is 21.5. The molecule has 0 aliphatic rings. The molecule has 0 fully saturated rings. The Morgan fingerprint density at radius 1 is 1.03 bits per heavy atom. The van der Waals surface area contributed by atoms with Crippen molar-refractivity contribution in [2.75, 3.05) is 13.2 Å². The van der Waals surface area contributed by atoms with Crippen molar-refractivity contribution in [2.24, 2.45) is 0 Å². The van der Waals surface area contributed by atoms with E-state index in [1.165, 1.54) is 47.8 Å². The lowest BCUT2D eigenvalue weighted by molar-refractivity contribution is 0.101. The highest BCUT2D eigenvalue weighted by Gasteiger charge is 2.14. The maximum Gasteiger partial charge on any atom is 0.240 e. The van der Waals surface area contributed by atoms with Gasteiger partial charge in [0.2, 0.25) is 15.9 Å². The van der Waals surface area contributed by atoms with Gasteiger partial charge in [-0.2, -0.15) is 4.52 Å². The first-order valence-corrected chi connectivity index (χ1v) is 11.0. The molecule has 0 bridgehead atoms. The first-order valence-electron chi connectivity index (χ1n) is 9.55. The predicted molar refractivity (Wildman–Crippen MR) is 113 cm³/mol. The van der Waals surface area contributed by atoms with Crippen molar-refractivity contribution < 1.29 is 22.3 Å². The lowest BCUT2D eigenvalue weighted by Gasteiger charge is -2.09. The molecule has 2 aromatic heterocycles. The van der Waals surface area contributed by atoms with Crippen molar-refractivity contribution in [3.05, 3.63) is 72.0 Å². The Labute approximate surface area is 182 Å². The summed E-state index contributed by atoms with van der Waals surface area (Å²) < 4.78 is 47.4. The highest BCUT2D eigenvalue weighted by atomic mass is 32.2. The van der Waals surface area contributed by atoms with Crippen LogP contribution in [0, 0.1) is 5.82 Å². The van der Waals surface area contributed by atoms with Crippen molar-refractivity contribution in [1.29, 1.82) is 0 Å². The third-order valence-corrected chi connectivity index (χ3v) is 6.03. The molecule has 4 rings (SSSR count). The Balaban J connectivity index is 1.40. The zero-order chi connectivity index (χ0) is 22.7. The third-order valence-electron chi connectivity index (χ3n) is 4.56. The summed E-state index contributed by atoms with van der Waals surface area (Å²) in [5, 5.41) is 12.4. The summed E-state index contributed by atoms with van der Waals surface area (Å²) >= 11 is 0. The molecule has 2 aromatic carbocycles. The van der Waals surface area contributed by atoms with Gasteiger partial charge in [0.05, 0.1) is 4.90 Å². The zero-order valence-electron chi connectivity index (χ0n) is 16.9. The van der Waals surface area contributed by atoms with E-state index in [-0.39, 0.29) is 35.5 Å². The maximum atomic E-state index is 13.2. The van der Waals surface area contributed by atoms with Gasteiger partial charge in [0.15, 0.2) is 17.3 Å². The van der Waals surface area contributed by atoms with Crippen LogP contribution in [0.4, 0.5) is 4.39 Å². The second-order valence-corrected chi connectivity index (χ2v) is 8.57. The second kappa shape index (κ2) is 8.81. The highest BCUT2D eigenvalue weighted by Crippen LogP contribution is 2.19. The molecular formula is C21H18FN5O4S. The van der Waals surface area contributed by atoms with Gasteiger partial charge in [-0.15, -0.1) is 15.3 Å². The molecule has 0 amide bonds. The van der Waals surface area contributed by atoms with Crippen LogP contribution in [0.5, 0.6) is 5.88 Å². The number of benzene rings is 2. The Morgan fingerprint density at radius 3 is 2.44 bits per heavy atom. The van der Waals surface area contributed by atoms with Crippen LogP contribution < -0.4 is 9.46 Å². The molecule has 0 spiro atoms. The van der Waals surface area contributed by atoms with E-state index in [4.69, 9.17) is 4.74 Å². The normalized spacial score (nSPS) is 11.6. The summed E-state index contributed by atoms with van der Waals surface area (Å²) in [4.78, 5) is 11.4. The number of halogens is 1. The Bertz CT molecular complexity index is 1370. The molecule has 0 aliphatic heterocycles. The van der Waals surface area contributed by atoms with Gasteiger partial charge >= 0.3 is 0 Å². The number of nitrogens with zero attached hydrogens (tertiary/aromatic N) is 4. The third kappa shape index (κ3) is 4.63. The van der Waals surface area contributed by atoms with E-state index in [1.54, 1.807) is 24.3 Å². The fraction of sp³-hybridized carbons (Fsp3) is 0.143. The Hall–Kier alpha value is -3.70. The van der Waals surface area contributed by atoms with Gasteiger partial charge in [-0.05, 0) is 49.4 Å². The average Bonchev–Trinajstić information content (AvgIpc) is 3.20. The van der Waals surface area contributed by atoms with E-state index < -0.39 is 10.0 Å². The minimum atomic E-state index is -3.75. The quantitative estimate of drug-likeness (QED) is 0.321. The molecule has 0 saturated carbocycles.